The Labute approximate surface area is 310 Å². The van der Waals surface area contributed by atoms with Gasteiger partial charge in [0.1, 0.15) is 13.2 Å². The Morgan fingerprint density at radius 2 is 0.540 bits per heavy atom. The molecule has 0 radical (unpaired) electrons. The molecular weight excluding hydrogens is 624 g/mol. The first-order valence-electron chi connectivity index (χ1n) is 22.0. The Hall–Kier alpha value is -1.59. The lowest BCUT2D eigenvalue weighted by atomic mass is 10.0. The molecule has 0 rings (SSSR count). The van der Waals surface area contributed by atoms with Crippen LogP contribution in [0.2, 0.25) is 0 Å². The van der Waals surface area contributed by atoms with Crippen molar-refractivity contribution in [1.82, 2.24) is 0 Å². The van der Waals surface area contributed by atoms with Crippen LogP contribution in [0.5, 0.6) is 0 Å². The molecule has 0 saturated heterocycles. The predicted octanol–water partition coefficient (Wildman–Crippen LogP) is 13.7. The third-order valence-corrected chi connectivity index (χ3v) is 9.86. The number of ether oxygens (including phenoxy) is 3. The normalized spacial score (nSPS) is 11.8. The lowest BCUT2D eigenvalue weighted by molar-refractivity contribution is -0.167. The van der Waals surface area contributed by atoms with Crippen LogP contribution in [0, 0.1) is 0 Å². The minimum absolute atomic E-state index is 0.0640. The molecule has 0 aromatic carbocycles. The van der Waals surface area contributed by atoms with Crippen LogP contribution in [-0.4, -0.2) is 37.2 Å². The number of carbonyl (C=O) groups is 3. The number of hydrogen-bond acceptors (Lipinski definition) is 6. The van der Waals surface area contributed by atoms with Gasteiger partial charge in [-0.15, -0.1) is 0 Å². The van der Waals surface area contributed by atoms with Crippen LogP contribution in [0.3, 0.4) is 0 Å². The highest BCUT2D eigenvalue weighted by Crippen LogP contribution is 2.15. The minimum atomic E-state index is -0.756. The molecule has 0 spiro atoms. The standard InChI is InChI=1S/C44H84O6/c1-4-7-10-13-15-17-19-21-22-23-25-26-28-31-34-37-43(46)49-40-41(39-48-42(45)36-33-30-12-9-6-3)50-44(47)38-35-32-29-27-24-20-18-16-14-11-8-5-2/h41H,4-40H2,1-3H3/t41-/m1/s1. The predicted molar refractivity (Wildman–Crippen MR) is 210 cm³/mol. The molecule has 0 aromatic heterocycles. The Balaban J connectivity index is 4.18. The van der Waals surface area contributed by atoms with Crippen molar-refractivity contribution in [3.63, 3.8) is 0 Å². The van der Waals surface area contributed by atoms with Crippen LogP contribution in [0.1, 0.15) is 245 Å². The van der Waals surface area contributed by atoms with Gasteiger partial charge in [-0.2, -0.15) is 0 Å². The van der Waals surface area contributed by atoms with Gasteiger partial charge in [0.25, 0.3) is 0 Å². The lowest BCUT2D eigenvalue weighted by Crippen LogP contribution is -2.30. The van der Waals surface area contributed by atoms with Gasteiger partial charge in [0.05, 0.1) is 0 Å². The third kappa shape index (κ3) is 37.7. The smallest absolute Gasteiger partial charge is 0.306 e. The van der Waals surface area contributed by atoms with Crippen molar-refractivity contribution in [1.29, 1.82) is 0 Å². The van der Waals surface area contributed by atoms with Gasteiger partial charge < -0.3 is 14.2 Å². The van der Waals surface area contributed by atoms with Crippen LogP contribution in [0.4, 0.5) is 0 Å². The van der Waals surface area contributed by atoms with Crippen LogP contribution in [0.15, 0.2) is 0 Å². The van der Waals surface area contributed by atoms with E-state index in [1.165, 1.54) is 141 Å². The summed E-state index contributed by atoms with van der Waals surface area (Å²) in [5, 5.41) is 0. The van der Waals surface area contributed by atoms with Gasteiger partial charge in [0, 0.05) is 19.3 Å². The van der Waals surface area contributed by atoms with E-state index in [0.29, 0.717) is 19.3 Å². The maximum atomic E-state index is 12.6. The van der Waals surface area contributed by atoms with E-state index in [0.717, 1.165) is 64.2 Å². The van der Waals surface area contributed by atoms with Crippen molar-refractivity contribution >= 4 is 17.9 Å². The second-order valence-electron chi connectivity index (χ2n) is 15.0. The third-order valence-electron chi connectivity index (χ3n) is 9.86. The van der Waals surface area contributed by atoms with E-state index < -0.39 is 6.10 Å². The molecule has 0 bridgehead atoms. The molecule has 0 aliphatic heterocycles. The molecule has 0 heterocycles. The quantitative estimate of drug-likeness (QED) is 0.0358. The summed E-state index contributed by atoms with van der Waals surface area (Å²) in [7, 11) is 0. The van der Waals surface area contributed by atoms with Gasteiger partial charge in [-0.3, -0.25) is 14.4 Å². The molecule has 0 saturated carbocycles. The summed E-state index contributed by atoms with van der Waals surface area (Å²) in [6.45, 7) is 6.57. The zero-order valence-corrected chi connectivity index (χ0v) is 33.7. The van der Waals surface area contributed by atoms with Crippen molar-refractivity contribution in [3.05, 3.63) is 0 Å². The summed E-state index contributed by atoms with van der Waals surface area (Å²) in [5.74, 6) is -0.868. The van der Waals surface area contributed by atoms with E-state index in [2.05, 4.69) is 20.8 Å². The fourth-order valence-corrected chi connectivity index (χ4v) is 6.50. The number of rotatable bonds is 40. The highest BCUT2D eigenvalue weighted by Gasteiger charge is 2.19. The summed E-state index contributed by atoms with van der Waals surface area (Å²) >= 11 is 0. The van der Waals surface area contributed by atoms with Gasteiger partial charge in [0.2, 0.25) is 0 Å². The van der Waals surface area contributed by atoms with Crippen molar-refractivity contribution in [2.24, 2.45) is 0 Å². The number of carbonyl (C=O) groups excluding carboxylic acids is 3. The van der Waals surface area contributed by atoms with Crippen molar-refractivity contribution in [3.8, 4) is 0 Å². The highest BCUT2D eigenvalue weighted by atomic mass is 16.6. The van der Waals surface area contributed by atoms with Gasteiger partial charge in [-0.1, -0.05) is 207 Å². The van der Waals surface area contributed by atoms with Gasteiger partial charge in [0.15, 0.2) is 6.10 Å². The van der Waals surface area contributed by atoms with Crippen LogP contribution in [-0.2, 0) is 28.6 Å². The van der Waals surface area contributed by atoms with E-state index in [4.69, 9.17) is 14.2 Å². The molecule has 6 heteroatoms. The molecule has 0 aliphatic rings. The second-order valence-corrected chi connectivity index (χ2v) is 15.0. The zero-order chi connectivity index (χ0) is 36.6. The topological polar surface area (TPSA) is 78.9 Å². The molecule has 1 atom stereocenters. The molecule has 296 valence electrons. The Kier molecular flexibility index (Phi) is 38.9. The first-order valence-corrected chi connectivity index (χ1v) is 22.0. The van der Waals surface area contributed by atoms with Crippen molar-refractivity contribution in [2.75, 3.05) is 13.2 Å². The summed E-state index contributed by atoms with van der Waals surface area (Å²) < 4.78 is 16.6. The summed E-state index contributed by atoms with van der Waals surface area (Å²) in [6, 6.07) is 0. The largest absolute Gasteiger partial charge is 0.462 e. The maximum absolute atomic E-state index is 12.6. The van der Waals surface area contributed by atoms with Crippen molar-refractivity contribution in [2.45, 2.75) is 252 Å². The second kappa shape index (κ2) is 40.2. The Bertz CT molecular complexity index is 738. The van der Waals surface area contributed by atoms with Gasteiger partial charge in [-0.05, 0) is 19.3 Å². The summed E-state index contributed by atoms with van der Waals surface area (Å²) in [5.41, 5.74) is 0. The SMILES string of the molecule is CCCCCCCCCCCCCCCCCC(=O)OC[C@@H](COC(=O)CCCCCCC)OC(=O)CCCCCCCCCCCCCC. The lowest BCUT2D eigenvalue weighted by Gasteiger charge is -2.18. The van der Waals surface area contributed by atoms with E-state index in [-0.39, 0.29) is 31.1 Å². The summed E-state index contributed by atoms with van der Waals surface area (Å²) in [6.07, 6.45) is 39.7. The summed E-state index contributed by atoms with van der Waals surface area (Å²) in [4.78, 5) is 37.4. The first-order chi connectivity index (χ1) is 24.5. The average Bonchev–Trinajstić information content (AvgIpc) is 3.11. The molecular formula is C44H84O6. The fourth-order valence-electron chi connectivity index (χ4n) is 6.50. The van der Waals surface area contributed by atoms with E-state index >= 15 is 0 Å². The Morgan fingerprint density at radius 1 is 0.320 bits per heavy atom. The molecule has 0 fully saturated rings. The average molecular weight is 709 g/mol. The van der Waals surface area contributed by atoms with Gasteiger partial charge in [-0.25, -0.2) is 0 Å². The van der Waals surface area contributed by atoms with E-state index in [1.807, 2.05) is 0 Å². The van der Waals surface area contributed by atoms with Gasteiger partial charge >= 0.3 is 17.9 Å². The fraction of sp³-hybridized carbons (Fsp3) is 0.932. The molecule has 6 nitrogen and oxygen atoms in total. The first kappa shape index (κ1) is 48.4. The Morgan fingerprint density at radius 3 is 0.800 bits per heavy atom. The zero-order valence-electron chi connectivity index (χ0n) is 33.7. The van der Waals surface area contributed by atoms with E-state index in [9.17, 15) is 14.4 Å². The molecule has 50 heavy (non-hydrogen) atoms. The number of esters is 3. The number of hydrogen-bond donors (Lipinski definition) is 0. The minimum Gasteiger partial charge on any atom is -0.462 e. The maximum Gasteiger partial charge on any atom is 0.306 e. The monoisotopic (exact) mass is 709 g/mol. The van der Waals surface area contributed by atoms with Crippen LogP contribution >= 0.6 is 0 Å². The highest BCUT2D eigenvalue weighted by molar-refractivity contribution is 5.71. The molecule has 0 amide bonds. The molecule has 0 N–H and O–H groups in total. The van der Waals surface area contributed by atoms with Crippen LogP contribution < -0.4 is 0 Å². The van der Waals surface area contributed by atoms with E-state index in [1.54, 1.807) is 0 Å². The number of unbranched alkanes of at least 4 members (excludes halogenated alkanes) is 29. The van der Waals surface area contributed by atoms with Crippen LogP contribution in [0.25, 0.3) is 0 Å². The van der Waals surface area contributed by atoms with Crippen molar-refractivity contribution < 1.29 is 28.6 Å². The molecule has 0 aliphatic carbocycles. The molecule has 0 unspecified atom stereocenters. The molecule has 0 aromatic rings.